The van der Waals surface area contributed by atoms with Crippen LogP contribution in [0.25, 0.3) is 0 Å². The maximum absolute atomic E-state index is 14.2. The molecule has 11 heteroatoms. The van der Waals surface area contributed by atoms with Crippen molar-refractivity contribution >= 4 is 15.2 Å². The zero-order chi connectivity index (χ0) is 22.9. The fraction of sp³-hybridized carbons (Fsp3) is 1.00. The monoisotopic (exact) mass is 496 g/mol. The molecule has 0 bridgehead atoms. The summed E-state index contributed by atoms with van der Waals surface area (Å²) in [7, 11) is -7.47. The molecule has 0 radical (unpaired) electrons. The summed E-state index contributed by atoms with van der Waals surface area (Å²) in [5.41, 5.74) is 0. The van der Waals surface area contributed by atoms with Gasteiger partial charge < -0.3 is 27.8 Å². The van der Waals surface area contributed by atoms with Gasteiger partial charge in [0.1, 0.15) is 0 Å². The number of hydrogen-bond donors (Lipinski definition) is 0. The van der Waals surface area contributed by atoms with E-state index >= 15 is 0 Å². The van der Waals surface area contributed by atoms with Gasteiger partial charge in [-0.1, -0.05) is 0 Å². The van der Waals surface area contributed by atoms with Gasteiger partial charge in [-0.15, -0.1) is 0 Å². The Balaban J connectivity index is 1.49. The predicted molar refractivity (Wildman–Crippen MR) is 118 cm³/mol. The first kappa shape index (κ1) is 25.3. The molecule has 4 rings (SSSR count). The summed E-state index contributed by atoms with van der Waals surface area (Å²) >= 11 is 0. The van der Waals surface area contributed by atoms with E-state index in [-0.39, 0.29) is 44.6 Å². The molecular weight excluding hydrogens is 458 g/mol. The lowest BCUT2D eigenvalue weighted by Gasteiger charge is -2.33. The van der Waals surface area contributed by atoms with Crippen LogP contribution in [-0.4, -0.2) is 68.5 Å². The van der Waals surface area contributed by atoms with Gasteiger partial charge in [0.2, 0.25) is 0 Å². The van der Waals surface area contributed by atoms with E-state index in [4.69, 9.17) is 32.3 Å². The van der Waals surface area contributed by atoms with Gasteiger partial charge in [0, 0.05) is 26.2 Å². The third-order valence-corrected chi connectivity index (χ3v) is 12.1. The fourth-order valence-corrected chi connectivity index (χ4v) is 9.72. The molecule has 0 N–H and O–H groups in total. The van der Waals surface area contributed by atoms with Crippen molar-refractivity contribution in [1.82, 2.24) is 0 Å². The van der Waals surface area contributed by atoms with E-state index < -0.39 is 25.7 Å². The third-order valence-electron chi connectivity index (χ3n) is 6.76. The smallest absolute Gasteiger partial charge is 0.362 e. The van der Waals surface area contributed by atoms with Crippen molar-refractivity contribution in [2.45, 2.75) is 94.5 Å². The summed E-state index contributed by atoms with van der Waals surface area (Å²) in [6.45, 7) is 7.79. The molecule has 32 heavy (non-hydrogen) atoms. The van der Waals surface area contributed by atoms with Crippen LogP contribution in [0.4, 0.5) is 0 Å². The first-order valence-corrected chi connectivity index (χ1v) is 14.9. The molecule has 0 aliphatic carbocycles. The molecular formula is C21H38O9P2. The van der Waals surface area contributed by atoms with E-state index in [9.17, 15) is 9.13 Å². The summed E-state index contributed by atoms with van der Waals surface area (Å²) in [6.07, 6.45) is 5.28. The Kier molecular flexibility index (Phi) is 7.93. The minimum atomic E-state index is -3.86. The van der Waals surface area contributed by atoms with E-state index in [0.29, 0.717) is 19.8 Å². The van der Waals surface area contributed by atoms with Crippen LogP contribution in [0.1, 0.15) is 65.7 Å². The summed E-state index contributed by atoms with van der Waals surface area (Å²) in [5.74, 6) is 0. The minimum absolute atomic E-state index is 0.0922. The van der Waals surface area contributed by atoms with Crippen molar-refractivity contribution in [2.24, 2.45) is 0 Å². The Morgan fingerprint density at radius 1 is 0.844 bits per heavy atom. The molecule has 4 heterocycles. The summed E-state index contributed by atoms with van der Waals surface area (Å²) in [5, 5.41) is -2.25. The SMILES string of the molecule is CC1(C)CC(C)(P(=O)(OCC2CCCO2)OCC2CCCO2)OP1(=O)OCC1CCCO1. The molecule has 0 spiro atoms. The second-order valence-corrected chi connectivity index (χ2v) is 15.1. The highest BCUT2D eigenvalue weighted by Crippen LogP contribution is 2.79. The molecule has 0 amide bonds. The van der Waals surface area contributed by atoms with Gasteiger partial charge in [-0.3, -0.25) is 13.7 Å². The van der Waals surface area contributed by atoms with Crippen molar-refractivity contribution in [3.05, 3.63) is 0 Å². The molecule has 0 aromatic carbocycles. The van der Waals surface area contributed by atoms with Gasteiger partial charge in [-0.05, 0) is 59.3 Å². The molecule has 5 atom stereocenters. The Bertz CT molecular complexity index is 703. The highest BCUT2D eigenvalue weighted by atomic mass is 31.2. The van der Waals surface area contributed by atoms with Gasteiger partial charge in [0.15, 0.2) is 5.34 Å². The van der Waals surface area contributed by atoms with Crippen molar-refractivity contribution in [3.63, 3.8) is 0 Å². The van der Waals surface area contributed by atoms with E-state index in [1.807, 2.05) is 13.8 Å². The Morgan fingerprint density at radius 3 is 1.75 bits per heavy atom. The maximum atomic E-state index is 14.2. The lowest BCUT2D eigenvalue weighted by atomic mass is 10.1. The van der Waals surface area contributed by atoms with E-state index in [1.165, 1.54) is 0 Å². The van der Waals surface area contributed by atoms with Crippen molar-refractivity contribution < 1.29 is 41.4 Å². The normalized spacial score (nSPS) is 41.3. The van der Waals surface area contributed by atoms with Gasteiger partial charge >= 0.3 is 15.2 Å². The molecule has 5 unspecified atom stereocenters. The first-order valence-electron chi connectivity index (χ1n) is 11.8. The highest BCUT2D eigenvalue weighted by molar-refractivity contribution is 7.60. The molecule has 186 valence electrons. The fourth-order valence-electron chi connectivity index (χ4n) is 4.84. The Hall–Kier alpha value is 0.180. The molecule has 9 nitrogen and oxygen atoms in total. The van der Waals surface area contributed by atoms with Crippen LogP contribution in [-0.2, 0) is 41.4 Å². The van der Waals surface area contributed by atoms with Crippen LogP contribution in [0.2, 0.25) is 0 Å². The first-order chi connectivity index (χ1) is 15.1. The summed E-state index contributed by atoms with van der Waals surface area (Å²) in [4.78, 5) is 0. The number of ether oxygens (including phenoxy) is 3. The number of rotatable bonds is 10. The second kappa shape index (κ2) is 10.0. The van der Waals surface area contributed by atoms with Crippen LogP contribution in [0.15, 0.2) is 0 Å². The molecule has 4 aliphatic rings. The standard InChI is InChI=1S/C21H38O9P2/c1-20(2)16-21(3,30-31(20,22)27-13-17-7-4-10-24-17)32(23,28-14-18-8-5-11-25-18)29-15-19-9-6-12-26-19/h17-19H,4-16H2,1-3H3. The second-order valence-electron chi connectivity index (χ2n) is 10.0. The third kappa shape index (κ3) is 5.37. The minimum Gasteiger partial charge on any atom is -0.376 e. The van der Waals surface area contributed by atoms with Crippen molar-refractivity contribution in [2.75, 3.05) is 39.6 Å². The summed E-state index contributed by atoms with van der Waals surface area (Å²) < 4.78 is 68.8. The van der Waals surface area contributed by atoms with Gasteiger partial charge in [0.25, 0.3) is 0 Å². The summed E-state index contributed by atoms with van der Waals surface area (Å²) in [6, 6.07) is 0. The van der Waals surface area contributed by atoms with Crippen LogP contribution in [0.5, 0.6) is 0 Å². The molecule has 0 aromatic heterocycles. The maximum Gasteiger partial charge on any atom is 0.362 e. The van der Waals surface area contributed by atoms with Crippen LogP contribution >= 0.6 is 15.2 Å². The molecule has 4 fully saturated rings. The quantitative estimate of drug-likeness (QED) is 0.392. The highest BCUT2D eigenvalue weighted by Gasteiger charge is 2.66. The predicted octanol–water partition coefficient (Wildman–Crippen LogP) is 4.87. The van der Waals surface area contributed by atoms with Crippen LogP contribution in [0, 0.1) is 0 Å². The van der Waals surface area contributed by atoms with Crippen LogP contribution < -0.4 is 0 Å². The number of hydrogen-bond acceptors (Lipinski definition) is 9. The zero-order valence-corrected chi connectivity index (χ0v) is 21.3. The van der Waals surface area contributed by atoms with E-state index in [0.717, 1.165) is 38.5 Å². The lowest BCUT2D eigenvalue weighted by molar-refractivity contribution is 0.0209. The average molecular weight is 496 g/mol. The van der Waals surface area contributed by atoms with Crippen LogP contribution in [0.3, 0.4) is 0 Å². The molecule has 0 aromatic rings. The van der Waals surface area contributed by atoms with Gasteiger partial charge in [-0.25, -0.2) is 0 Å². The van der Waals surface area contributed by atoms with Gasteiger partial charge in [-0.2, -0.15) is 0 Å². The zero-order valence-electron chi connectivity index (χ0n) is 19.5. The molecule has 4 saturated heterocycles. The molecule has 4 aliphatic heterocycles. The van der Waals surface area contributed by atoms with Crippen molar-refractivity contribution in [3.8, 4) is 0 Å². The Morgan fingerprint density at radius 2 is 1.31 bits per heavy atom. The molecule has 0 saturated carbocycles. The van der Waals surface area contributed by atoms with Gasteiger partial charge in [0.05, 0.1) is 43.3 Å². The van der Waals surface area contributed by atoms with Crippen molar-refractivity contribution in [1.29, 1.82) is 0 Å². The Labute approximate surface area is 191 Å². The van der Waals surface area contributed by atoms with E-state index in [2.05, 4.69) is 0 Å². The topological polar surface area (TPSA) is 98.8 Å². The largest absolute Gasteiger partial charge is 0.376 e. The van der Waals surface area contributed by atoms with E-state index in [1.54, 1.807) is 6.92 Å². The average Bonchev–Trinajstić information content (AvgIpc) is 3.52. The lowest BCUT2D eigenvalue weighted by Crippen LogP contribution is -2.31.